The fourth-order valence-corrected chi connectivity index (χ4v) is 4.93. The van der Waals surface area contributed by atoms with Crippen molar-refractivity contribution >= 4 is 11.7 Å². The van der Waals surface area contributed by atoms with E-state index < -0.39 is 0 Å². The van der Waals surface area contributed by atoms with Gasteiger partial charge in [-0.1, -0.05) is 26.8 Å². The monoisotopic (exact) mass is 416 g/mol. The van der Waals surface area contributed by atoms with E-state index >= 15 is 0 Å². The highest BCUT2D eigenvalue weighted by Gasteiger charge is 2.42. The van der Waals surface area contributed by atoms with Crippen LogP contribution in [0.5, 0.6) is 0 Å². The number of piperidine rings is 1. The van der Waals surface area contributed by atoms with E-state index in [0.717, 1.165) is 56.4 Å². The molecule has 2 aliphatic rings. The van der Waals surface area contributed by atoms with Gasteiger partial charge in [0.05, 0.1) is 6.04 Å². The lowest BCUT2D eigenvalue weighted by atomic mass is 9.63. The van der Waals surface area contributed by atoms with Gasteiger partial charge in [0.1, 0.15) is 11.6 Å². The Balaban J connectivity index is 1.71. The molecule has 30 heavy (non-hydrogen) atoms. The lowest BCUT2D eigenvalue weighted by Crippen LogP contribution is -2.46. The van der Waals surface area contributed by atoms with Gasteiger partial charge in [-0.2, -0.15) is 0 Å². The number of Topliss-reactive ketones (excluding diaryl/α,β-unsaturated/α-hetero) is 1. The van der Waals surface area contributed by atoms with Crippen LogP contribution < -0.4 is 5.32 Å². The van der Waals surface area contributed by atoms with Gasteiger partial charge in [0, 0.05) is 12.8 Å². The highest BCUT2D eigenvalue weighted by molar-refractivity contribution is 5.83. The second-order valence-corrected chi connectivity index (χ2v) is 10.5. The highest BCUT2D eigenvalue weighted by Crippen LogP contribution is 2.48. The van der Waals surface area contributed by atoms with Gasteiger partial charge >= 0.3 is 0 Å². The number of benzene rings is 1. The smallest absolute Gasteiger partial charge is 0.220 e. The largest absolute Gasteiger partial charge is 0.349 e. The SMILES string of the molecule is CC(=O)CCC(=O)N[C@H]1CCC2(CCN(CCC(C)(C)C)CC2)c2cc(F)ccc21. The van der Waals surface area contributed by atoms with E-state index in [2.05, 4.69) is 31.0 Å². The summed E-state index contributed by atoms with van der Waals surface area (Å²) >= 11 is 0. The number of carbonyl (C=O) groups excluding carboxylic acids is 2. The molecule has 1 amide bonds. The standard InChI is InChI=1S/C25H37FN2O2/c1-18(29)5-8-23(30)27-22-9-10-25(21-17-19(26)6-7-20(21)22)12-15-28(16-13-25)14-11-24(2,3)4/h6-7,17,22H,5,8-16H2,1-4H3,(H,27,30)/t22-/m0/s1. The Morgan fingerprint density at radius 3 is 2.50 bits per heavy atom. The molecule has 1 heterocycles. The zero-order valence-corrected chi connectivity index (χ0v) is 19.0. The van der Waals surface area contributed by atoms with Crippen molar-refractivity contribution in [1.29, 1.82) is 0 Å². The summed E-state index contributed by atoms with van der Waals surface area (Å²) in [5, 5.41) is 3.09. The third-order valence-corrected chi connectivity index (χ3v) is 6.90. The molecule has 0 saturated carbocycles. The van der Waals surface area contributed by atoms with Crippen LogP contribution in [-0.4, -0.2) is 36.2 Å². The third kappa shape index (κ3) is 5.69. The van der Waals surface area contributed by atoms with Crippen LogP contribution >= 0.6 is 0 Å². The Morgan fingerprint density at radius 2 is 1.87 bits per heavy atom. The molecule has 0 radical (unpaired) electrons. The summed E-state index contributed by atoms with van der Waals surface area (Å²) in [4.78, 5) is 26.0. The number of likely N-dealkylation sites (tertiary alicyclic amines) is 1. The summed E-state index contributed by atoms with van der Waals surface area (Å²) in [6.07, 6.45) is 5.58. The molecule has 1 atom stereocenters. The predicted octanol–water partition coefficient (Wildman–Crippen LogP) is 4.92. The Hall–Kier alpha value is -1.75. The first kappa shape index (κ1) is 22.9. The Bertz CT molecular complexity index is 776. The number of halogens is 1. The molecule has 0 unspecified atom stereocenters. The number of rotatable bonds is 6. The first-order valence-electron chi connectivity index (χ1n) is 11.4. The molecule has 1 aromatic rings. The van der Waals surface area contributed by atoms with Crippen molar-refractivity contribution in [3.05, 3.63) is 35.1 Å². The van der Waals surface area contributed by atoms with Crippen LogP contribution in [0.2, 0.25) is 0 Å². The van der Waals surface area contributed by atoms with Gasteiger partial charge in [-0.3, -0.25) is 4.79 Å². The zero-order valence-electron chi connectivity index (χ0n) is 19.0. The quantitative estimate of drug-likeness (QED) is 0.716. The molecule has 166 valence electrons. The van der Waals surface area contributed by atoms with E-state index in [1.165, 1.54) is 19.4 Å². The van der Waals surface area contributed by atoms with Crippen LogP contribution in [0.25, 0.3) is 0 Å². The molecule has 3 rings (SSSR count). The van der Waals surface area contributed by atoms with Gasteiger partial charge in [-0.05, 0) is 92.8 Å². The zero-order chi connectivity index (χ0) is 21.9. The average molecular weight is 417 g/mol. The predicted molar refractivity (Wildman–Crippen MR) is 118 cm³/mol. The van der Waals surface area contributed by atoms with Crippen LogP contribution in [0.15, 0.2) is 18.2 Å². The van der Waals surface area contributed by atoms with Crippen LogP contribution in [0.3, 0.4) is 0 Å². The van der Waals surface area contributed by atoms with Crippen LogP contribution in [0, 0.1) is 11.2 Å². The summed E-state index contributed by atoms with van der Waals surface area (Å²) in [5.74, 6) is -0.279. The highest BCUT2D eigenvalue weighted by atomic mass is 19.1. The summed E-state index contributed by atoms with van der Waals surface area (Å²) in [6.45, 7) is 11.5. The molecular weight excluding hydrogens is 379 g/mol. The Kier molecular flexibility index (Phi) is 7.01. The van der Waals surface area contributed by atoms with Crippen molar-refractivity contribution in [3.8, 4) is 0 Å². The Morgan fingerprint density at radius 1 is 1.17 bits per heavy atom. The number of carbonyl (C=O) groups is 2. The first-order chi connectivity index (χ1) is 14.1. The maximum atomic E-state index is 14.2. The summed E-state index contributed by atoms with van der Waals surface area (Å²) in [6, 6.07) is 4.97. The fourth-order valence-electron chi connectivity index (χ4n) is 4.93. The molecule has 1 N–H and O–H groups in total. The maximum absolute atomic E-state index is 14.2. The first-order valence-corrected chi connectivity index (χ1v) is 11.4. The van der Waals surface area contributed by atoms with E-state index in [4.69, 9.17) is 0 Å². The molecule has 0 bridgehead atoms. The van der Waals surface area contributed by atoms with Gasteiger partial charge in [-0.15, -0.1) is 0 Å². The van der Waals surface area contributed by atoms with Crippen LogP contribution in [-0.2, 0) is 15.0 Å². The number of nitrogens with one attached hydrogen (secondary N) is 1. The minimum absolute atomic E-state index is 0.0102. The van der Waals surface area contributed by atoms with Gasteiger partial charge < -0.3 is 15.0 Å². The molecule has 5 heteroatoms. The lowest BCUT2D eigenvalue weighted by Gasteiger charge is -2.47. The van der Waals surface area contributed by atoms with E-state index in [9.17, 15) is 14.0 Å². The number of fused-ring (bicyclic) bond motifs is 2. The van der Waals surface area contributed by atoms with Gasteiger partial charge in [0.2, 0.25) is 5.91 Å². The maximum Gasteiger partial charge on any atom is 0.220 e. The normalized spacial score (nSPS) is 21.3. The Labute approximate surface area is 180 Å². The van der Waals surface area contributed by atoms with Crippen molar-refractivity contribution in [1.82, 2.24) is 10.2 Å². The summed E-state index contributed by atoms with van der Waals surface area (Å²) < 4.78 is 14.2. The topological polar surface area (TPSA) is 49.4 Å². The van der Waals surface area contributed by atoms with Gasteiger partial charge in [0.15, 0.2) is 0 Å². The molecule has 0 aromatic heterocycles. The van der Waals surface area contributed by atoms with E-state index in [0.29, 0.717) is 5.41 Å². The van der Waals surface area contributed by atoms with E-state index in [1.54, 1.807) is 6.07 Å². The van der Waals surface area contributed by atoms with E-state index in [1.807, 2.05) is 6.07 Å². The number of nitrogens with zero attached hydrogens (tertiary/aromatic N) is 1. The van der Waals surface area contributed by atoms with Gasteiger partial charge in [-0.25, -0.2) is 4.39 Å². The second kappa shape index (κ2) is 9.17. The number of ketones is 1. The van der Waals surface area contributed by atoms with Crippen molar-refractivity contribution in [3.63, 3.8) is 0 Å². The number of hydrogen-bond acceptors (Lipinski definition) is 3. The van der Waals surface area contributed by atoms with E-state index in [-0.39, 0.29) is 41.8 Å². The fraction of sp³-hybridized carbons (Fsp3) is 0.680. The number of amides is 1. The molecule has 1 aliphatic heterocycles. The lowest BCUT2D eigenvalue weighted by molar-refractivity contribution is -0.125. The molecule has 1 aromatic carbocycles. The van der Waals surface area contributed by atoms with Crippen molar-refractivity contribution < 1.29 is 14.0 Å². The molecule has 4 nitrogen and oxygen atoms in total. The summed E-state index contributed by atoms with van der Waals surface area (Å²) in [5.41, 5.74) is 2.49. The van der Waals surface area contributed by atoms with Crippen molar-refractivity contribution in [2.45, 2.75) is 84.1 Å². The van der Waals surface area contributed by atoms with Crippen molar-refractivity contribution in [2.24, 2.45) is 5.41 Å². The molecule has 1 saturated heterocycles. The van der Waals surface area contributed by atoms with Crippen LogP contribution in [0.1, 0.15) is 89.8 Å². The third-order valence-electron chi connectivity index (χ3n) is 6.90. The average Bonchev–Trinajstić information content (AvgIpc) is 2.68. The van der Waals surface area contributed by atoms with Crippen LogP contribution in [0.4, 0.5) is 4.39 Å². The molecular formula is C25H37FN2O2. The second-order valence-electron chi connectivity index (χ2n) is 10.5. The number of hydrogen-bond donors (Lipinski definition) is 1. The minimum Gasteiger partial charge on any atom is -0.349 e. The molecule has 1 fully saturated rings. The van der Waals surface area contributed by atoms with Gasteiger partial charge in [0.25, 0.3) is 0 Å². The summed E-state index contributed by atoms with van der Waals surface area (Å²) in [7, 11) is 0. The van der Waals surface area contributed by atoms with Crippen molar-refractivity contribution in [2.75, 3.05) is 19.6 Å². The minimum atomic E-state index is -0.202. The molecule has 1 spiro atoms. The molecule has 1 aliphatic carbocycles.